The summed E-state index contributed by atoms with van der Waals surface area (Å²) in [6, 6.07) is 1.68. The molecule has 0 aliphatic heterocycles. The van der Waals surface area contributed by atoms with Crippen LogP contribution in [0.5, 0.6) is 5.88 Å². The Labute approximate surface area is 81.5 Å². The third kappa shape index (κ3) is 1.32. The molecule has 1 heterocycles. The lowest BCUT2D eigenvalue weighted by molar-refractivity contribution is 0.0596. The molecule has 2 rings (SSSR count). The maximum atomic E-state index is 11.2. The minimum Gasteiger partial charge on any atom is -0.493 e. The van der Waals surface area contributed by atoms with Crippen molar-refractivity contribution in [1.29, 1.82) is 0 Å². The van der Waals surface area contributed by atoms with Gasteiger partial charge in [0.1, 0.15) is 5.56 Å². The molecule has 0 saturated heterocycles. The Morgan fingerprint density at radius 1 is 1.57 bits per heavy atom. The quantitative estimate of drug-likeness (QED) is 0.677. The van der Waals surface area contributed by atoms with Gasteiger partial charge in [0.25, 0.3) is 0 Å². The summed E-state index contributed by atoms with van der Waals surface area (Å²) in [7, 11) is 1.29. The normalized spacial score (nSPS) is 13.8. The fourth-order valence-electron chi connectivity index (χ4n) is 1.72. The molecule has 0 radical (unpaired) electrons. The first-order valence-electron chi connectivity index (χ1n) is 4.52. The highest BCUT2D eigenvalue weighted by atomic mass is 16.5. The maximum Gasteiger partial charge on any atom is 0.343 e. The van der Waals surface area contributed by atoms with Gasteiger partial charge < -0.3 is 9.84 Å². The van der Waals surface area contributed by atoms with Crippen LogP contribution in [0.4, 0.5) is 0 Å². The van der Waals surface area contributed by atoms with Crippen LogP contribution in [0, 0.1) is 0 Å². The Morgan fingerprint density at radius 3 is 3.07 bits per heavy atom. The predicted octanol–water partition coefficient (Wildman–Crippen LogP) is 1.06. The van der Waals surface area contributed by atoms with Crippen LogP contribution in [0.25, 0.3) is 0 Å². The Hall–Kier alpha value is -1.58. The Kier molecular flexibility index (Phi) is 2.11. The van der Waals surface area contributed by atoms with Crippen molar-refractivity contribution in [3.8, 4) is 5.88 Å². The molecule has 14 heavy (non-hydrogen) atoms. The van der Waals surface area contributed by atoms with Crippen molar-refractivity contribution in [3.63, 3.8) is 0 Å². The summed E-state index contributed by atoms with van der Waals surface area (Å²) in [4.78, 5) is 15.2. The van der Waals surface area contributed by atoms with Crippen molar-refractivity contribution in [2.75, 3.05) is 7.11 Å². The van der Waals surface area contributed by atoms with Crippen LogP contribution < -0.4 is 0 Å². The van der Waals surface area contributed by atoms with Gasteiger partial charge in [0.05, 0.1) is 7.11 Å². The third-order valence-electron chi connectivity index (χ3n) is 2.44. The van der Waals surface area contributed by atoms with E-state index in [4.69, 9.17) is 0 Å². The average Bonchev–Trinajstić information content (AvgIpc) is 2.62. The molecule has 0 atom stereocenters. The number of carbonyl (C=O) groups is 1. The van der Waals surface area contributed by atoms with Crippen LogP contribution in [-0.4, -0.2) is 23.2 Å². The summed E-state index contributed by atoms with van der Waals surface area (Å²) in [5.41, 5.74) is 2.10. The van der Waals surface area contributed by atoms with E-state index >= 15 is 0 Å². The number of nitrogens with zero attached hydrogens (tertiary/aromatic N) is 1. The van der Waals surface area contributed by atoms with Gasteiger partial charge >= 0.3 is 5.97 Å². The standard InChI is InChI=1S/C10H11NO3/c1-14-10(13)7-5-6-3-2-4-8(6)11-9(7)12/h5H,2-4H2,1H3,(H,11,12). The highest BCUT2D eigenvalue weighted by Crippen LogP contribution is 2.26. The number of rotatable bonds is 1. The van der Waals surface area contributed by atoms with Crippen molar-refractivity contribution < 1.29 is 14.6 Å². The molecule has 0 fully saturated rings. The molecule has 0 saturated carbocycles. The van der Waals surface area contributed by atoms with E-state index in [0.717, 1.165) is 30.5 Å². The molecule has 0 unspecified atom stereocenters. The number of aromatic nitrogens is 1. The Bertz CT molecular complexity index is 387. The highest BCUT2D eigenvalue weighted by molar-refractivity contribution is 5.91. The number of carbonyl (C=O) groups excluding carboxylic acids is 1. The second-order valence-corrected chi connectivity index (χ2v) is 3.31. The van der Waals surface area contributed by atoms with Crippen LogP contribution in [0.3, 0.4) is 0 Å². The molecular weight excluding hydrogens is 182 g/mol. The molecule has 1 N–H and O–H groups in total. The van der Waals surface area contributed by atoms with E-state index in [9.17, 15) is 9.90 Å². The maximum absolute atomic E-state index is 11.2. The second kappa shape index (κ2) is 3.29. The molecule has 4 nitrogen and oxygen atoms in total. The number of ether oxygens (including phenoxy) is 1. The van der Waals surface area contributed by atoms with Crippen molar-refractivity contribution in [2.24, 2.45) is 0 Å². The number of hydrogen-bond donors (Lipinski definition) is 1. The molecular formula is C10H11NO3. The Balaban J connectivity index is 2.47. The zero-order chi connectivity index (χ0) is 10.1. The summed E-state index contributed by atoms with van der Waals surface area (Å²) in [5, 5.41) is 9.46. The van der Waals surface area contributed by atoms with Crippen LogP contribution in [0.15, 0.2) is 6.07 Å². The fourth-order valence-corrected chi connectivity index (χ4v) is 1.72. The fraction of sp³-hybridized carbons (Fsp3) is 0.400. The van der Waals surface area contributed by atoms with Crippen LogP contribution in [0.1, 0.15) is 28.0 Å². The molecule has 1 aliphatic rings. The lowest BCUT2D eigenvalue weighted by atomic mass is 10.1. The van der Waals surface area contributed by atoms with Gasteiger partial charge in [-0.3, -0.25) is 0 Å². The number of aryl methyl sites for hydroxylation is 2. The van der Waals surface area contributed by atoms with E-state index in [1.807, 2.05) is 0 Å². The van der Waals surface area contributed by atoms with E-state index in [1.54, 1.807) is 6.07 Å². The van der Waals surface area contributed by atoms with E-state index in [2.05, 4.69) is 9.72 Å². The van der Waals surface area contributed by atoms with Gasteiger partial charge in [0.15, 0.2) is 0 Å². The molecule has 1 aromatic heterocycles. The molecule has 0 bridgehead atoms. The highest BCUT2D eigenvalue weighted by Gasteiger charge is 2.19. The van der Waals surface area contributed by atoms with Gasteiger partial charge in [-0.05, 0) is 30.9 Å². The minimum absolute atomic E-state index is 0.160. The topological polar surface area (TPSA) is 59.4 Å². The predicted molar refractivity (Wildman–Crippen MR) is 49.3 cm³/mol. The molecule has 0 aromatic carbocycles. The first-order valence-corrected chi connectivity index (χ1v) is 4.52. The average molecular weight is 193 g/mol. The number of aromatic hydroxyl groups is 1. The van der Waals surface area contributed by atoms with E-state index < -0.39 is 5.97 Å². The van der Waals surface area contributed by atoms with Crippen molar-refractivity contribution >= 4 is 5.97 Å². The van der Waals surface area contributed by atoms with Gasteiger partial charge in [0.2, 0.25) is 5.88 Å². The number of methoxy groups -OCH3 is 1. The summed E-state index contributed by atoms with van der Waals surface area (Å²) in [5.74, 6) is -0.762. The number of hydrogen-bond acceptors (Lipinski definition) is 4. The van der Waals surface area contributed by atoms with Gasteiger partial charge in [-0.15, -0.1) is 0 Å². The first-order chi connectivity index (χ1) is 6.72. The SMILES string of the molecule is COC(=O)c1cc2c(nc1O)CCC2. The van der Waals surface area contributed by atoms with Crippen molar-refractivity contribution in [2.45, 2.75) is 19.3 Å². The van der Waals surface area contributed by atoms with Crippen molar-refractivity contribution in [3.05, 3.63) is 22.9 Å². The third-order valence-corrected chi connectivity index (χ3v) is 2.44. The van der Waals surface area contributed by atoms with E-state index in [-0.39, 0.29) is 11.4 Å². The van der Waals surface area contributed by atoms with E-state index in [0.29, 0.717) is 0 Å². The van der Waals surface area contributed by atoms with Gasteiger partial charge in [-0.2, -0.15) is 0 Å². The molecule has 0 amide bonds. The zero-order valence-corrected chi connectivity index (χ0v) is 7.91. The van der Waals surface area contributed by atoms with Crippen LogP contribution >= 0.6 is 0 Å². The summed E-state index contributed by atoms with van der Waals surface area (Å²) in [6.45, 7) is 0. The largest absolute Gasteiger partial charge is 0.493 e. The summed E-state index contributed by atoms with van der Waals surface area (Å²) in [6.07, 6.45) is 2.84. The van der Waals surface area contributed by atoms with Gasteiger partial charge in [0, 0.05) is 5.69 Å². The summed E-state index contributed by atoms with van der Waals surface area (Å²) >= 11 is 0. The smallest absolute Gasteiger partial charge is 0.343 e. The minimum atomic E-state index is -0.537. The van der Waals surface area contributed by atoms with E-state index in [1.165, 1.54) is 7.11 Å². The van der Waals surface area contributed by atoms with Gasteiger partial charge in [-0.25, -0.2) is 9.78 Å². The number of fused-ring (bicyclic) bond motifs is 1. The number of pyridine rings is 1. The zero-order valence-electron chi connectivity index (χ0n) is 7.91. The molecule has 0 spiro atoms. The van der Waals surface area contributed by atoms with Crippen molar-refractivity contribution in [1.82, 2.24) is 4.98 Å². The lowest BCUT2D eigenvalue weighted by Crippen LogP contribution is -2.04. The lowest BCUT2D eigenvalue weighted by Gasteiger charge is -2.04. The first kappa shape index (κ1) is 8.99. The molecule has 1 aromatic rings. The summed E-state index contributed by atoms with van der Waals surface area (Å²) < 4.78 is 4.54. The molecule has 1 aliphatic carbocycles. The van der Waals surface area contributed by atoms with Crippen LogP contribution in [-0.2, 0) is 17.6 Å². The van der Waals surface area contributed by atoms with Gasteiger partial charge in [-0.1, -0.05) is 0 Å². The Morgan fingerprint density at radius 2 is 2.36 bits per heavy atom. The second-order valence-electron chi connectivity index (χ2n) is 3.31. The van der Waals surface area contributed by atoms with Crippen LogP contribution in [0.2, 0.25) is 0 Å². The monoisotopic (exact) mass is 193 g/mol. The molecule has 74 valence electrons. The number of esters is 1. The molecule has 4 heteroatoms.